The van der Waals surface area contributed by atoms with Crippen molar-refractivity contribution in [2.75, 3.05) is 22.5 Å². The molecule has 2 unspecified atom stereocenters. The molecule has 128 valence electrons. The van der Waals surface area contributed by atoms with Gasteiger partial charge in [-0.25, -0.2) is 0 Å². The Morgan fingerprint density at radius 1 is 1.61 bits per heavy atom. The van der Waals surface area contributed by atoms with Crippen LogP contribution in [0.15, 0.2) is 28.8 Å². The maximum absolute atomic E-state index is 12.4. The second kappa shape index (κ2) is 6.73. The maximum atomic E-state index is 12.4. The van der Waals surface area contributed by atoms with Crippen LogP contribution in [0.4, 0.5) is 4.79 Å². The number of carbonyl (C=O) groups is 1. The van der Waals surface area contributed by atoms with Gasteiger partial charge in [-0.2, -0.15) is 0 Å². The molecule has 2 atom stereocenters. The van der Waals surface area contributed by atoms with Crippen LogP contribution in [0.25, 0.3) is 0 Å². The number of alkyl halides is 2. The van der Waals surface area contributed by atoms with E-state index >= 15 is 0 Å². The molecule has 0 aromatic carbocycles. The van der Waals surface area contributed by atoms with E-state index in [1.54, 1.807) is 11.8 Å². The molecule has 5 nitrogen and oxygen atoms in total. The monoisotopic (exact) mass is 544 g/mol. The fourth-order valence-electron chi connectivity index (χ4n) is 2.73. The van der Waals surface area contributed by atoms with E-state index in [2.05, 4.69) is 9.45 Å². The zero-order valence-corrected chi connectivity index (χ0v) is 17.7. The standard InChI is InChI=1S/C16H22I2N2O3/c1-11-15(21)12(10-23-11)9-20-8-6-13(17-16(20)22)19-14-5-4-7-18(14,2)3/h6,8,12,21H,2,4-5,7,9-10H2,1,3H3. The Morgan fingerprint density at radius 3 is 2.96 bits per heavy atom. The number of ether oxygens (including phenoxy) is 1. The number of nitrogens with zero attached hydrogens (tertiary/aromatic N) is 2. The molecule has 1 saturated heterocycles. The van der Waals surface area contributed by atoms with Crippen LogP contribution in [0, 0.1) is 5.92 Å². The number of aliphatic hydroxyl groups excluding tert-OH is 1. The second-order valence-corrected chi connectivity index (χ2v) is 17.7. The molecule has 3 heterocycles. The Labute approximate surface area is 150 Å². The number of aliphatic imine (C=N–C) groups is 1. The van der Waals surface area contributed by atoms with E-state index in [1.165, 1.54) is 14.6 Å². The Kier molecular flexibility index (Phi) is 5.05. The summed E-state index contributed by atoms with van der Waals surface area (Å²) >= 11 is -2.76. The van der Waals surface area contributed by atoms with Crippen LogP contribution in [0.5, 0.6) is 0 Å². The first-order chi connectivity index (χ1) is 10.9. The summed E-state index contributed by atoms with van der Waals surface area (Å²) < 4.78 is 13.4. The summed E-state index contributed by atoms with van der Waals surface area (Å²) in [5.74, 6) is 0.721. The Balaban J connectivity index is 1.69. The number of carbonyl (C=O) groups excluding carboxylic acids is 1. The predicted molar refractivity (Wildman–Crippen MR) is 114 cm³/mol. The van der Waals surface area contributed by atoms with Gasteiger partial charge in [0.2, 0.25) is 0 Å². The van der Waals surface area contributed by atoms with Crippen molar-refractivity contribution in [1.82, 2.24) is 4.90 Å². The number of aliphatic hydroxyl groups is 1. The van der Waals surface area contributed by atoms with Crippen molar-refractivity contribution < 1.29 is 14.6 Å². The van der Waals surface area contributed by atoms with E-state index in [4.69, 9.17) is 9.73 Å². The van der Waals surface area contributed by atoms with E-state index in [0.29, 0.717) is 18.9 Å². The van der Waals surface area contributed by atoms with Crippen molar-refractivity contribution in [3.8, 4) is 0 Å². The van der Waals surface area contributed by atoms with E-state index < -0.39 is 38.7 Å². The van der Waals surface area contributed by atoms with Crippen LogP contribution >= 0.6 is 38.7 Å². The average Bonchev–Trinajstić information content (AvgIpc) is 2.98. The van der Waals surface area contributed by atoms with Crippen LogP contribution < -0.4 is 0 Å². The number of hydrogen-bond donors (Lipinski definition) is 1. The average molecular weight is 544 g/mol. The number of hydrogen-bond acceptors (Lipinski definition) is 4. The van der Waals surface area contributed by atoms with Crippen molar-refractivity contribution in [2.45, 2.75) is 19.8 Å². The van der Waals surface area contributed by atoms with Gasteiger partial charge in [0.05, 0.1) is 0 Å². The van der Waals surface area contributed by atoms with Crippen LogP contribution in [-0.2, 0) is 4.74 Å². The van der Waals surface area contributed by atoms with Gasteiger partial charge in [0.15, 0.2) is 0 Å². The van der Waals surface area contributed by atoms with Gasteiger partial charge in [-0.3, -0.25) is 0 Å². The molecule has 1 amide bonds. The van der Waals surface area contributed by atoms with Crippen LogP contribution in [-0.4, -0.2) is 48.3 Å². The zero-order valence-electron chi connectivity index (χ0n) is 13.4. The molecular formula is C16H22I2N2O3. The normalized spacial score (nSPS) is 35.8. The Hall–Kier alpha value is -0.580. The SMILES string of the molecule is C=I1(C)CCCC1=NC1=IC(=O)N(CC2COC(C)=C2O)C=C1. The molecule has 0 spiro atoms. The Bertz CT molecular complexity index is 706. The molecule has 3 aliphatic heterocycles. The van der Waals surface area contributed by atoms with Gasteiger partial charge >= 0.3 is 151 Å². The predicted octanol–water partition coefficient (Wildman–Crippen LogP) is 3.77. The molecule has 23 heavy (non-hydrogen) atoms. The first kappa shape index (κ1) is 17.2. The van der Waals surface area contributed by atoms with E-state index in [-0.39, 0.29) is 15.6 Å². The molecule has 0 bridgehead atoms. The van der Waals surface area contributed by atoms with Gasteiger partial charge in [-0.05, 0) is 0 Å². The topological polar surface area (TPSA) is 62.1 Å². The summed E-state index contributed by atoms with van der Waals surface area (Å²) in [6, 6.07) is 0. The van der Waals surface area contributed by atoms with Gasteiger partial charge in [-0.15, -0.1) is 0 Å². The van der Waals surface area contributed by atoms with Gasteiger partial charge in [0.1, 0.15) is 0 Å². The van der Waals surface area contributed by atoms with Gasteiger partial charge in [0, 0.05) is 0 Å². The molecule has 3 rings (SSSR count). The quantitative estimate of drug-likeness (QED) is 0.255. The number of amides is 1. The molecule has 0 aromatic rings. The summed E-state index contributed by atoms with van der Waals surface area (Å²) in [5, 5.41) is 9.95. The van der Waals surface area contributed by atoms with Crippen molar-refractivity contribution in [1.29, 1.82) is 0 Å². The minimum absolute atomic E-state index is 0.118. The summed E-state index contributed by atoms with van der Waals surface area (Å²) in [6.45, 7) is 2.67. The third-order valence-electron chi connectivity index (χ3n) is 4.15. The number of allylic oxidation sites excluding steroid dienone is 1. The summed E-state index contributed by atoms with van der Waals surface area (Å²) in [7, 11) is 0. The summed E-state index contributed by atoms with van der Waals surface area (Å²) in [5.41, 5.74) is 0. The van der Waals surface area contributed by atoms with Crippen LogP contribution in [0.3, 0.4) is 0 Å². The van der Waals surface area contributed by atoms with Crippen LogP contribution in [0.1, 0.15) is 19.8 Å². The third kappa shape index (κ3) is 3.75. The number of rotatable bonds is 3. The molecule has 0 saturated carbocycles. The van der Waals surface area contributed by atoms with Gasteiger partial charge < -0.3 is 0 Å². The van der Waals surface area contributed by atoms with E-state index in [1.807, 2.05) is 12.3 Å². The first-order valence-corrected chi connectivity index (χ1v) is 15.9. The molecule has 0 aliphatic carbocycles. The molecular weight excluding hydrogens is 522 g/mol. The van der Waals surface area contributed by atoms with Crippen LogP contribution in [0.2, 0.25) is 0 Å². The van der Waals surface area contributed by atoms with E-state index in [9.17, 15) is 9.90 Å². The summed E-state index contributed by atoms with van der Waals surface area (Å²) in [4.78, 5) is 21.2. The van der Waals surface area contributed by atoms with E-state index in [0.717, 1.165) is 10.1 Å². The molecule has 0 radical (unpaired) electrons. The van der Waals surface area contributed by atoms with Crippen molar-refractivity contribution in [3.63, 3.8) is 0 Å². The van der Waals surface area contributed by atoms with Crippen molar-refractivity contribution in [3.05, 3.63) is 23.8 Å². The fourth-order valence-corrected chi connectivity index (χ4v) is 10.3. The first-order valence-electron chi connectivity index (χ1n) is 7.48. The number of halogens is 2. The second-order valence-electron chi connectivity index (χ2n) is 6.05. The molecule has 1 fully saturated rings. The fraction of sp³-hybridized carbons (Fsp3) is 0.500. The van der Waals surface area contributed by atoms with Gasteiger partial charge in [0.25, 0.3) is 0 Å². The van der Waals surface area contributed by atoms with Crippen molar-refractivity contribution >= 4 is 54.5 Å². The zero-order chi connectivity index (χ0) is 16.6. The molecule has 3 aliphatic rings. The molecule has 1 N–H and O–H groups in total. The third-order valence-corrected chi connectivity index (χ3v) is 13.3. The van der Waals surface area contributed by atoms with Crippen molar-refractivity contribution in [2.24, 2.45) is 10.9 Å². The molecule has 0 aromatic heterocycles. The Morgan fingerprint density at radius 2 is 2.39 bits per heavy atom. The minimum atomic E-state index is -1.99. The molecule has 7 heteroatoms. The summed E-state index contributed by atoms with van der Waals surface area (Å²) in [6.07, 6.45) is 6.05. The van der Waals surface area contributed by atoms with Gasteiger partial charge in [-0.1, -0.05) is 0 Å².